The smallest absolute Gasteiger partial charge is 0.0161 e. The maximum absolute atomic E-state index is 2.67. The second kappa shape index (κ2) is 3.84. The summed E-state index contributed by atoms with van der Waals surface area (Å²) in [5, 5.41) is 0. The lowest BCUT2D eigenvalue weighted by molar-refractivity contribution is 0.0688. The van der Waals surface area contributed by atoms with Gasteiger partial charge in [0.1, 0.15) is 0 Å². The van der Waals surface area contributed by atoms with Crippen molar-refractivity contribution in [2.45, 2.75) is 72.4 Å². The number of hydrogen-bond donors (Lipinski definition) is 0. The zero-order chi connectivity index (χ0) is 11.0. The average molecular weight is 197 g/mol. The van der Waals surface area contributed by atoms with Crippen LogP contribution in [0.15, 0.2) is 0 Å². The summed E-state index contributed by atoms with van der Waals surface area (Å²) in [4.78, 5) is 2.67. The molecule has 0 N–H and O–H groups in total. The molecule has 1 aliphatic rings. The molecule has 0 aromatic heterocycles. The molecule has 0 amide bonds. The Morgan fingerprint density at radius 1 is 1.07 bits per heavy atom. The van der Waals surface area contributed by atoms with Crippen LogP contribution < -0.4 is 0 Å². The summed E-state index contributed by atoms with van der Waals surface area (Å²) in [5.74, 6) is 0. The predicted octanol–water partition coefficient (Wildman–Crippen LogP) is 3.69. The topological polar surface area (TPSA) is 3.24 Å². The SMILES string of the molecule is CC(C)N1CCCC(C)(C)CC1(C)C. The number of nitrogens with zero attached hydrogens (tertiary/aromatic N) is 1. The van der Waals surface area contributed by atoms with Crippen LogP contribution in [0.1, 0.15) is 60.8 Å². The van der Waals surface area contributed by atoms with E-state index in [4.69, 9.17) is 0 Å². The molecule has 1 saturated heterocycles. The van der Waals surface area contributed by atoms with Gasteiger partial charge in [-0.1, -0.05) is 13.8 Å². The lowest BCUT2D eigenvalue weighted by Crippen LogP contribution is -2.48. The van der Waals surface area contributed by atoms with Crippen LogP contribution in [0.2, 0.25) is 0 Å². The molecule has 0 radical (unpaired) electrons. The fourth-order valence-corrected chi connectivity index (χ4v) is 3.35. The average Bonchev–Trinajstić information content (AvgIpc) is 2.03. The quantitative estimate of drug-likeness (QED) is 0.620. The summed E-state index contributed by atoms with van der Waals surface area (Å²) in [6, 6.07) is 0.680. The van der Waals surface area contributed by atoms with Crippen LogP contribution in [0.25, 0.3) is 0 Å². The number of likely N-dealkylation sites (tertiary alicyclic amines) is 1. The third-order valence-electron chi connectivity index (χ3n) is 3.56. The van der Waals surface area contributed by atoms with Gasteiger partial charge in [-0.25, -0.2) is 0 Å². The Hall–Kier alpha value is -0.0400. The molecule has 0 aromatic carbocycles. The second-order valence-electron chi connectivity index (χ2n) is 6.54. The van der Waals surface area contributed by atoms with E-state index >= 15 is 0 Å². The van der Waals surface area contributed by atoms with Crippen LogP contribution >= 0.6 is 0 Å². The molecule has 84 valence electrons. The van der Waals surface area contributed by atoms with Crippen LogP contribution in [0.5, 0.6) is 0 Å². The highest BCUT2D eigenvalue weighted by Crippen LogP contribution is 2.39. The van der Waals surface area contributed by atoms with Gasteiger partial charge in [0, 0.05) is 11.6 Å². The van der Waals surface area contributed by atoms with Gasteiger partial charge >= 0.3 is 0 Å². The highest BCUT2D eigenvalue weighted by Gasteiger charge is 2.37. The third kappa shape index (κ3) is 2.73. The van der Waals surface area contributed by atoms with E-state index in [1.165, 1.54) is 25.8 Å². The van der Waals surface area contributed by atoms with Crippen LogP contribution in [-0.2, 0) is 0 Å². The first-order valence-electron chi connectivity index (χ1n) is 6.01. The predicted molar refractivity (Wildman–Crippen MR) is 63.6 cm³/mol. The molecule has 0 spiro atoms. The first kappa shape index (κ1) is 12.0. The van der Waals surface area contributed by atoms with Gasteiger partial charge in [0.25, 0.3) is 0 Å². The Balaban J connectivity index is 2.82. The fraction of sp³-hybridized carbons (Fsp3) is 1.00. The van der Waals surface area contributed by atoms with Gasteiger partial charge in [0.2, 0.25) is 0 Å². The normalized spacial score (nSPS) is 27.6. The van der Waals surface area contributed by atoms with E-state index in [0.717, 1.165) is 0 Å². The Morgan fingerprint density at radius 2 is 1.64 bits per heavy atom. The van der Waals surface area contributed by atoms with Gasteiger partial charge in [0.15, 0.2) is 0 Å². The largest absolute Gasteiger partial charge is 0.296 e. The van der Waals surface area contributed by atoms with Crippen molar-refractivity contribution in [3.63, 3.8) is 0 Å². The van der Waals surface area contributed by atoms with Crippen molar-refractivity contribution in [3.8, 4) is 0 Å². The third-order valence-corrected chi connectivity index (χ3v) is 3.56. The van der Waals surface area contributed by atoms with Crippen LogP contribution in [0.4, 0.5) is 0 Å². The Morgan fingerprint density at radius 3 is 2.14 bits per heavy atom. The van der Waals surface area contributed by atoms with Gasteiger partial charge in [0.05, 0.1) is 0 Å². The lowest BCUT2D eigenvalue weighted by Gasteiger charge is -2.42. The monoisotopic (exact) mass is 197 g/mol. The minimum Gasteiger partial charge on any atom is -0.296 e. The maximum atomic E-state index is 2.67. The zero-order valence-corrected chi connectivity index (χ0v) is 10.9. The molecular weight excluding hydrogens is 170 g/mol. The number of rotatable bonds is 1. The Kier molecular flexibility index (Phi) is 3.30. The first-order chi connectivity index (χ1) is 6.25. The molecule has 1 heteroatoms. The van der Waals surface area contributed by atoms with Gasteiger partial charge in [-0.15, -0.1) is 0 Å². The summed E-state index contributed by atoms with van der Waals surface area (Å²) in [5.41, 5.74) is 0.890. The van der Waals surface area contributed by atoms with E-state index in [2.05, 4.69) is 46.4 Å². The molecule has 1 nitrogen and oxygen atoms in total. The minimum atomic E-state index is 0.369. The molecule has 1 aliphatic heterocycles. The zero-order valence-electron chi connectivity index (χ0n) is 10.9. The van der Waals surface area contributed by atoms with Gasteiger partial charge in [-0.3, -0.25) is 4.90 Å². The van der Waals surface area contributed by atoms with Crippen molar-refractivity contribution in [3.05, 3.63) is 0 Å². The van der Waals surface area contributed by atoms with E-state index in [1.807, 2.05) is 0 Å². The van der Waals surface area contributed by atoms with E-state index in [9.17, 15) is 0 Å². The molecular formula is C13H27N. The summed E-state index contributed by atoms with van der Waals surface area (Å²) < 4.78 is 0. The van der Waals surface area contributed by atoms with E-state index in [-0.39, 0.29) is 0 Å². The molecule has 1 fully saturated rings. The molecule has 1 rings (SSSR count). The Bertz CT molecular complexity index is 191. The summed E-state index contributed by atoms with van der Waals surface area (Å²) in [7, 11) is 0. The van der Waals surface area contributed by atoms with Crippen LogP contribution in [0, 0.1) is 5.41 Å². The van der Waals surface area contributed by atoms with E-state index in [1.54, 1.807) is 0 Å². The number of hydrogen-bond acceptors (Lipinski definition) is 1. The molecule has 1 heterocycles. The Labute approximate surface area is 89.9 Å². The molecule has 0 unspecified atom stereocenters. The molecule has 0 saturated carbocycles. The van der Waals surface area contributed by atoms with Crippen molar-refractivity contribution < 1.29 is 0 Å². The minimum absolute atomic E-state index is 0.369. The van der Waals surface area contributed by atoms with Gasteiger partial charge in [-0.05, 0) is 58.9 Å². The van der Waals surface area contributed by atoms with Crippen molar-refractivity contribution in [2.75, 3.05) is 6.54 Å². The molecule has 0 atom stereocenters. The molecule has 14 heavy (non-hydrogen) atoms. The molecule has 0 bridgehead atoms. The van der Waals surface area contributed by atoms with Crippen molar-refractivity contribution >= 4 is 0 Å². The van der Waals surface area contributed by atoms with Crippen LogP contribution in [-0.4, -0.2) is 23.0 Å². The van der Waals surface area contributed by atoms with Crippen molar-refractivity contribution in [1.82, 2.24) is 4.90 Å². The fourth-order valence-electron chi connectivity index (χ4n) is 3.35. The second-order valence-corrected chi connectivity index (χ2v) is 6.54. The summed E-state index contributed by atoms with van der Waals surface area (Å²) in [6.45, 7) is 15.5. The van der Waals surface area contributed by atoms with E-state index in [0.29, 0.717) is 17.0 Å². The summed E-state index contributed by atoms with van der Waals surface area (Å²) >= 11 is 0. The van der Waals surface area contributed by atoms with Crippen molar-refractivity contribution in [1.29, 1.82) is 0 Å². The maximum Gasteiger partial charge on any atom is 0.0161 e. The van der Waals surface area contributed by atoms with Crippen molar-refractivity contribution in [2.24, 2.45) is 5.41 Å². The first-order valence-corrected chi connectivity index (χ1v) is 6.01. The highest BCUT2D eigenvalue weighted by molar-refractivity contribution is 4.92. The molecule has 0 aliphatic carbocycles. The molecule has 0 aromatic rings. The summed E-state index contributed by atoms with van der Waals surface area (Å²) in [6.07, 6.45) is 4.05. The van der Waals surface area contributed by atoms with Gasteiger partial charge in [-0.2, -0.15) is 0 Å². The highest BCUT2D eigenvalue weighted by atomic mass is 15.2. The standard InChI is InChI=1S/C13H27N/c1-11(2)14-9-7-8-12(3,4)10-13(14,5)6/h11H,7-10H2,1-6H3. The van der Waals surface area contributed by atoms with Gasteiger partial charge < -0.3 is 0 Å². The van der Waals surface area contributed by atoms with Crippen LogP contribution in [0.3, 0.4) is 0 Å². The van der Waals surface area contributed by atoms with E-state index < -0.39 is 0 Å². The lowest BCUT2D eigenvalue weighted by atomic mass is 9.78.